The summed E-state index contributed by atoms with van der Waals surface area (Å²) in [5, 5.41) is 3.61. The number of amides is 1. The van der Waals surface area contributed by atoms with Crippen LogP contribution in [0.15, 0.2) is 17.6 Å². The van der Waals surface area contributed by atoms with Crippen LogP contribution >= 0.6 is 22.9 Å². The summed E-state index contributed by atoms with van der Waals surface area (Å²) in [6, 6.07) is 3.58. The maximum Gasteiger partial charge on any atom is 0.227 e. The first-order chi connectivity index (χ1) is 10.6. The highest BCUT2D eigenvalue weighted by Gasteiger charge is 2.27. The van der Waals surface area contributed by atoms with Crippen molar-refractivity contribution in [2.45, 2.75) is 26.2 Å². The SMILES string of the molecule is COc1cc(Cl)c(C)cc1NC(=O)C1CCc2ncsc2C1. The minimum atomic E-state index is -0.0198. The molecule has 0 fully saturated rings. The molecule has 1 N–H and O–H groups in total. The van der Waals surface area contributed by atoms with Crippen molar-refractivity contribution in [3.63, 3.8) is 0 Å². The summed E-state index contributed by atoms with van der Waals surface area (Å²) >= 11 is 7.73. The molecule has 0 aliphatic heterocycles. The van der Waals surface area contributed by atoms with Crippen molar-refractivity contribution < 1.29 is 9.53 Å². The molecule has 0 bridgehead atoms. The maximum absolute atomic E-state index is 12.5. The molecule has 116 valence electrons. The average molecular weight is 337 g/mol. The zero-order valence-corrected chi connectivity index (χ0v) is 14.1. The van der Waals surface area contributed by atoms with Crippen molar-refractivity contribution in [2.75, 3.05) is 12.4 Å². The summed E-state index contributed by atoms with van der Waals surface area (Å²) in [6.45, 7) is 1.90. The van der Waals surface area contributed by atoms with Crippen LogP contribution in [0.3, 0.4) is 0 Å². The molecule has 1 heterocycles. The average Bonchev–Trinajstić information content (AvgIpc) is 2.98. The number of thiazole rings is 1. The zero-order chi connectivity index (χ0) is 15.7. The predicted molar refractivity (Wildman–Crippen MR) is 89.0 cm³/mol. The van der Waals surface area contributed by atoms with Gasteiger partial charge in [-0.3, -0.25) is 4.79 Å². The van der Waals surface area contributed by atoms with Gasteiger partial charge in [0.1, 0.15) is 5.75 Å². The molecule has 1 aliphatic rings. The second-order valence-electron chi connectivity index (χ2n) is 5.45. The number of halogens is 1. The Morgan fingerprint density at radius 2 is 2.32 bits per heavy atom. The van der Waals surface area contributed by atoms with E-state index in [4.69, 9.17) is 16.3 Å². The number of carbonyl (C=O) groups is 1. The van der Waals surface area contributed by atoms with Crippen molar-refractivity contribution in [1.29, 1.82) is 0 Å². The second kappa shape index (κ2) is 6.26. The quantitative estimate of drug-likeness (QED) is 0.926. The highest BCUT2D eigenvalue weighted by molar-refractivity contribution is 7.09. The summed E-state index contributed by atoms with van der Waals surface area (Å²) in [5.74, 6) is 0.589. The van der Waals surface area contributed by atoms with E-state index in [9.17, 15) is 4.79 Å². The minimum Gasteiger partial charge on any atom is -0.495 e. The Kier molecular flexibility index (Phi) is 4.36. The number of hydrogen-bond donors (Lipinski definition) is 1. The van der Waals surface area contributed by atoms with Crippen LogP contribution in [0, 0.1) is 12.8 Å². The van der Waals surface area contributed by atoms with Crippen LogP contribution in [0.2, 0.25) is 5.02 Å². The molecule has 1 amide bonds. The number of hydrogen-bond acceptors (Lipinski definition) is 4. The summed E-state index contributed by atoms with van der Waals surface area (Å²) in [6.07, 6.45) is 2.46. The van der Waals surface area contributed by atoms with Gasteiger partial charge in [0.15, 0.2) is 0 Å². The number of nitrogens with one attached hydrogen (secondary N) is 1. The second-order valence-corrected chi connectivity index (χ2v) is 6.80. The predicted octanol–water partition coefficient (Wildman–Crippen LogP) is 3.86. The lowest BCUT2D eigenvalue weighted by Gasteiger charge is -2.21. The van der Waals surface area contributed by atoms with Gasteiger partial charge in [0.2, 0.25) is 5.91 Å². The standard InChI is InChI=1S/C16H17ClN2O2S/c1-9-5-13(14(21-2)7-11(9)17)19-16(20)10-3-4-12-15(6-10)22-8-18-12/h5,7-8,10H,3-4,6H2,1-2H3,(H,19,20). The Hall–Kier alpha value is -1.59. The first-order valence-corrected chi connectivity index (χ1v) is 8.40. The number of aryl methyl sites for hydroxylation is 2. The van der Waals surface area contributed by atoms with E-state index < -0.39 is 0 Å². The molecule has 22 heavy (non-hydrogen) atoms. The fourth-order valence-corrected chi connectivity index (χ4v) is 3.74. The summed E-state index contributed by atoms with van der Waals surface area (Å²) in [5.41, 5.74) is 4.58. The third-order valence-electron chi connectivity index (χ3n) is 4.00. The lowest BCUT2D eigenvalue weighted by molar-refractivity contribution is -0.120. The minimum absolute atomic E-state index is 0.0198. The van der Waals surface area contributed by atoms with Crippen LogP contribution in [0.5, 0.6) is 5.75 Å². The first kappa shape index (κ1) is 15.3. The van der Waals surface area contributed by atoms with Crippen LogP contribution in [-0.2, 0) is 17.6 Å². The topological polar surface area (TPSA) is 51.2 Å². The lowest BCUT2D eigenvalue weighted by atomic mass is 9.90. The van der Waals surface area contributed by atoms with Gasteiger partial charge >= 0.3 is 0 Å². The highest BCUT2D eigenvalue weighted by Crippen LogP contribution is 2.33. The van der Waals surface area contributed by atoms with Crippen molar-refractivity contribution in [2.24, 2.45) is 5.92 Å². The van der Waals surface area contributed by atoms with E-state index in [-0.39, 0.29) is 11.8 Å². The van der Waals surface area contributed by atoms with E-state index in [0.29, 0.717) is 16.5 Å². The molecule has 6 heteroatoms. The van der Waals surface area contributed by atoms with Gasteiger partial charge in [0.25, 0.3) is 0 Å². The number of fused-ring (bicyclic) bond motifs is 1. The molecule has 2 aromatic rings. The van der Waals surface area contributed by atoms with Crippen molar-refractivity contribution >= 4 is 34.5 Å². The molecule has 3 rings (SSSR count). The maximum atomic E-state index is 12.5. The van der Waals surface area contributed by atoms with Crippen molar-refractivity contribution in [3.8, 4) is 5.75 Å². The number of aromatic nitrogens is 1. The number of ether oxygens (including phenoxy) is 1. The van der Waals surface area contributed by atoms with E-state index in [0.717, 1.165) is 30.5 Å². The Morgan fingerprint density at radius 3 is 3.09 bits per heavy atom. The molecule has 0 radical (unpaired) electrons. The first-order valence-electron chi connectivity index (χ1n) is 7.14. The molecule has 1 aliphatic carbocycles. The molecule has 0 saturated heterocycles. The molecule has 1 atom stereocenters. The zero-order valence-electron chi connectivity index (χ0n) is 12.5. The van der Waals surface area contributed by atoms with Gasteiger partial charge in [-0.2, -0.15) is 0 Å². The van der Waals surface area contributed by atoms with Crippen LogP contribution in [-0.4, -0.2) is 18.0 Å². The summed E-state index contributed by atoms with van der Waals surface area (Å²) in [4.78, 5) is 18.1. The van der Waals surface area contributed by atoms with E-state index >= 15 is 0 Å². The van der Waals surface area contributed by atoms with E-state index in [1.165, 1.54) is 4.88 Å². The van der Waals surface area contributed by atoms with Gasteiger partial charge in [-0.25, -0.2) is 4.98 Å². The molecular formula is C16H17ClN2O2S. The van der Waals surface area contributed by atoms with E-state index in [2.05, 4.69) is 10.3 Å². The lowest BCUT2D eigenvalue weighted by Crippen LogP contribution is -2.28. The summed E-state index contributed by atoms with van der Waals surface area (Å²) in [7, 11) is 1.57. The van der Waals surface area contributed by atoms with Crippen LogP contribution in [0.25, 0.3) is 0 Å². The fourth-order valence-electron chi connectivity index (χ4n) is 2.69. The van der Waals surface area contributed by atoms with Gasteiger partial charge in [-0.15, -0.1) is 11.3 Å². The van der Waals surface area contributed by atoms with Gasteiger partial charge in [-0.05, 0) is 37.8 Å². The number of methoxy groups -OCH3 is 1. The van der Waals surface area contributed by atoms with Gasteiger partial charge in [-0.1, -0.05) is 11.6 Å². The molecule has 4 nitrogen and oxygen atoms in total. The molecule has 0 spiro atoms. The number of rotatable bonds is 3. The molecule has 1 aromatic carbocycles. The Bertz CT molecular complexity index is 714. The molecule has 0 saturated carbocycles. The monoisotopic (exact) mass is 336 g/mol. The van der Waals surface area contributed by atoms with Crippen molar-refractivity contribution in [3.05, 3.63) is 38.8 Å². The fraction of sp³-hybridized carbons (Fsp3) is 0.375. The molecule has 1 aromatic heterocycles. The van der Waals surface area contributed by atoms with Crippen LogP contribution < -0.4 is 10.1 Å². The van der Waals surface area contributed by atoms with E-state index in [1.54, 1.807) is 24.5 Å². The third kappa shape index (κ3) is 2.96. The smallest absolute Gasteiger partial charge is 0.227 e. The van der Waals surface area contributed by atoms with Gasteiger partial charge in [0.05, 0.1) is 24.0 Å². The Morgan fingerprint density at radius 1 is 1.50 bits per heavy atom. The van der Waals surface area contributed by atoms with E-state index in [1.807, 2.05) is 18.5 Å². The van der Waals surface area contributed by atoms with Crippen LogP contribution in [0.4, 0.5) is 5.69 Å². The molecule has 1 unspecified atom stereocenters. The number of benzene rings is 1. The van der Waals surface area contributed by atoms with Crippen molar-refractivity contribution in [1.82, 2.24) is 4.98 Å². The van der Waals surface area contributed by atoms with Gasteiger partial charge < -0.3 is 10.1 Å². The Labute approximate surface area is 138 Å². The number of nitrogens with zero attached hydrogens (tertiary/aromatic N) is 1. The normalized spacial score (nSPS) is 17.0. The molecular weight excluding hydrogens is 320 g/mol. The van der Waals surface area contributed by atoms with Gasteiger partial charge in [0, 0.05) is 21.9 Å². The third-order valence-corrected chi connectivity index (χ3v) is 5.30. The Balaban J connectivity index is 1.76. The number of anilines is 1. The largest absolute Gasteiger partial charge is 0.495 e. The number of carbonyl (C=O) groups excluding carboxylic acids is 1. The van der Waals surface area contributed by atoms with Crippen LogP contribution in [0.1, 0.15) is 22.6 Å². The summed E-state index contributed by atoms with van der Waals surface area (Å²) < 4.78 is 5.31. The highest BCUT2D eigenvalue weighted by atomic mass is 35.5.